The molecule has 2 rings (SSSR count). The maximum atomic E-state index is 13.3. The maximum Gasteiger partial charge on any atom is 0.317 e. The van der Waals surface area contributed by atoms with Crippen molar-refractivity contribution in [3.05, 3.63) is 30.1 Å². The van der Waals surface area contributed by atoms with Crippen LogP contribution in [0.4, 0.5) is 14.9 Å². The quantitative estimate of drug-likeness (QED) is 0.682. The molecule has 7 nitrogen and oxygen atoms in total. The number of hydrogen-bond acceptors (Lipinski definition) is 4. The monoisotopic (exact) mass is 325 g/mol. The van der Waals surface area contributed by atoms with Crippen LogP contribution < -0.4 is 10.2 Å². The first-order valence-electron chi connectivity index (χ1n) is 7.38. The minimum absolute atomic E-state index is 0.0979. The fourth-order valence-corrected chi connectivity index (χ4v) is 2.52. The summed E-state index contributed by atoms with van der Waals surface area (Å²) in [6.07, 6.45) is 0.119. The molecule has 0 bridgehead atoms. The minimum Gasteiger partial charge on any atom is -0.395 e. The van der Waals surface area contributed by atoms with Gasteiger partial charge in [-0.1, -0.05) is 6.07 Å². The van der Waals surface area contributed by atoms with Gasteiger partial charge < -0.3 is 25.3 Å². The van der Waals surface area contributed by atoms with E-state index in [0.717, 1.165) is 0 Å². The van der Waals surface area contributed by atoms with E-state index in [0.29, 0.717) is 5.69 Å². The van der Waals surface area contributed by atoms with E-state index in [2.05, 4.69) is 5.32 Å². The van der Waals surface area contributed by atoms with Crippen LogP contribution in [0.25, 0.3) is 0 Å². The highest BCUT2D eigenvalue weighted by Crippen LogP contribution is 2.22. The topological polar surface area (TPSA) is 93.1 Å². The van der Waals surface area contributed by atoms with Crippen molar-refractivity contribution in [1.82, 2.24) is 10.2 Å². The average molecular weight is 325 g/mol. The predicted octanol–water partition coefficient (Wildman–Crippen LogP) is -0.0728. The summed E-state index contributed by atoms with van der Waals surface area (Å²) in [4.78, 5) is 26.8. The van der Waals surface area contributed by atoms with E-state index in [1.807, 2.05) is 0 Å². The summed E-state index contributed by atoms with van der Waals surface area (Å²) in [5.74, 6) is -0.628. The number of halogens is 1. The van der Waals surface area contributed by atoms with Crippen LogP contribution in [0, 0.1) is 5.82 Å². The van der Waals surface area contributed by atoms with Crippen molar-refractivity contribution >= 4 is 17.6 Å². The molecule has 1 heterocycles. The second-order valence-corrected chi connectivity index (χ2v) is 5.27. The molecule has 1 aliphatic heterocycles. The van der Waals surface area contributed by atoms with Gasteiger partial charge in [-0.05, 0) is 18.2 Å². The van der Waals surface area contributed by atoms with E-state index < -0.39 is 17.9 Å². The molecule has 8 heteroatoms. The molecule has 0 aliphatic carbocycles. The largest absolute Gasteiger partial charge is 0.395 e. The minimum atomic E-state index is -0.452. The molecule has 0 saturated carbocycles. The first-order chi connectivity index (χ1) is 11.0. The number of benzene rings is 1. The Hall–Kier alpha value is -2.19. The fourth-order valence-electron chi connectivity index (χ4n) is 2.52. The molecule has 3 amide bonds. The number of aliphatic hydroxyl groups is 2. The molecule has 1 saturated heterocycles. The molecular formula is C15H20FN3O4. The number of nitrogens with zero attached hydrogens (tertiary/aromatic N) is 2. The molecule has 3 N–H and O–H groups in total. The Kier molecular flexibility index (Phi) is 5.89. The van der Waals surface area contributed by atoms with Gasteiger partial charge in [0.25, 0.3) is 0 Å². The highest BCUT2D eigenvalue weighted by Gasteiger charge is 2.32. The van der Waals surface area contributed by atoms with E-state index in [1.165, 1.54) is 28.0 Å². The van der Waals surface area contributed by atoms with Gasteiger partial charge in [0.2, 0.25) is 5.91 Å². The third-order valence-electron chi connectivity index (χ3n) is 3.60. The number of nitrogens with one attached hydrogen (secondary N) is 1. The van der Waals surface area contributed by atoms with E-state index >= 15 is 0 Å². The van der Waals surface area contributed by atoms with E-state index in [4.69, 9.17) is 10.2 Å². The zero-order valence-electron chi connectivity index (χ0n) is 12.6. The Morgan fingerprint density at radius 3 is 2.65 bits per heavy atom. The molecule has 0 aromatic heterocycles. The molecule has 1 aromatic carbocycles. The van der Waals surface area contributed by atoms with E-state index in [9.17, 15) is 14.0 Å². The number of carbonyl (C=O) groups excluding carboxylic acids is 2. The SMILES string of the molecule is O=C(N[C@@H]1CC(=O)N(c2cccc(F)c2)C1)N(CCO)CCO. The molecule has 1 atom stereocenters. The van der Waals surface area contributed by atoms with Crippen LogP contribution in [0.3, 0.4) is 0 Å². The zero-order chi connectivity index (χ0) is 16.8. The lowest BCUT2D eigenvalue weighted by molar-refractivity contribution is -0.117. The van der Waals surface area contributed by atoms with Crippen LogP contribution >= 0.6 is 0 Å². The van der Waals surface area contributed by atoms with Crippen molar-refractivity contribution in [2.24, 2.45) is 0 Å². The number of rotatable bonds is 6. The summed E-state index contributed by atoms with van der Waals surface area (Å²) < 4.78 is 13.3. The van der Waals surface area contributed by atoms with Gasteiger partial charge in [0.05, 0.1) is 19.3 Å². The second-order valence-electron chi connectivity index (χ2n) is 5.27. The number of carbonyl (C=O) groups is 2. The van der Waals surface area contributed by atoms with Gasteiger partial charge in [-0.3, -0.25) is 4.79 Å². The Morgan fingerprint density at radius 2 is 2.04 bits per heavy atom. The Morgan fingerprint density at radius 1 is 1.35 bits per heavy atom. The van der Waals surface area contributed by atoms with Crippen LogP contribution in [0.2, 0.25) is 0 Å². The third kappa shape index (κ3) is 4.40. The average Bonchev–Trinajstić information content (AvgIpc) is 2.87. The fraction of sp³-hybridized carbons (Fsp3) is 0.467. The highest BCUT2D eigenvalue weighted by molar-refractivity contribution is 5.96. The molecule has 23 heavy (non-hydrogen) atoms. The summed E-state index contributed by atoms with van der Waals surface area (Å²) in [5, 5.41) is 20.6. The third-order valence-corrected chi connectivity index (χ3v) is 3.60. The van der Waals surface area contributed by atoms with Gasteiger partial charge in [0.1, 0.15) is 5.82 Å². The van der Waals surface area contributed by atoms with E-state index in [-0.39, 0.29) is 45.2 Å². The zero-order valence-corrected chi connectivity index (χ0v) is 12.6. The molecule has 1 fully saturated rings. The Labute approximate surface area is 133 Å². The molecule has 0 spiro atoms. The normalized spacial score (nSPS) is 17.4. The summed E-state index contributed by atoms with van der Waals surface area (Å²) in [6.45, 7) is 0.0142. The van der Waals surface area contributed by atoms with Crippen molar-refractivity contribution in [2.75, 3.05) is 37.7 Å². The van der Waals surface area contributed by atoms with Gasteiger partial charge >= 0.3 is 6.03 Å². The molecule has 126 valence electrons. The summed E-state index contributed by atoms with van der Waals surface area (Å²) in [5.41, 5.74) is 0.453. The first kappa shape index (κ1) is 17.2. The number of aliphatic hydroxyl groups excluding tert-OH is 2. The van der Waals surface area contributed by atoms with Crippen LogP contribution in [-0.2, 0) is 4.79 Å². The van der Waals surface area contributed by atoms with Crippen molar-refractivity contribution in [3.8, 4) is 0 Å². The lowest BCUT2D eigenvalue weighted by Gasteiger charge is -2.23. The van der Waals surface area contributed by atoms with Gasteiger partial charge in [-0.25, -0.2) is 9.18 Å². The number of hydrogen-bond donors (Lipinski definition) is 3. The standard InChI is InChI=1S/C15H20FN3O4/c16-11-2-1-3-13(8-11)19-10-12(9-14(19)22)17-15(23)18(4-6-20)5-7-21/h1-3,8,12,20-21H,4-7,9-10H2,(H,17,23)/t12-/m1/s1. The van der Waals surface area contributed by atoms with Gasteiger partial charge in [0, 0.05) is 31.7 Å². The first-order valence-corrected chi connectivity index (χ1v) is 7.38. The second kappa shape index (κ2) is 7.89. The Balaban J connectivity index is 1.98. The lowest BCUT2D eigenvalue weighted by Crippen LogP contribution is -2.47. The van der Waals surface area contributed by atoms with Crippen molar-refractivity contribution in [1.29, 1.82) is 0 Å². The number of urea groups is 1. The summed E-state index contributed by atoms with van der Waals surface area (Å²) in [7, 11) is 0. The molecule has 0 unspecified atom stereocenters. The van der Waals surface area contributed by atoms with Crippen LogP contribution in [0.5, 0.6) is 0 Å². The Bertz CT molecular complexity index is 563. The summed E-state index contributed by atoms with van der Waals surface area (Å²) >= 11 is 0. The van der Waals surface area contributed by atoms with Gasteiger partial charge in [-0.2, -0.15) is 0 Å². The molecular weight excluding hydrogens is 305 g/mol. The summed E-state index contributed by atoms with van der Waals surface area (Å²) in [6, 6.07) is 4.87. The molecule has 1 aliphatic rings. The van der Waals surface area contributed by atoms with Crippen molar-refractivity contribution in [3.63, 3.8) is 0 Å². The smallest absolute Gasteiger partial charge is 0.317 e. The predicted molar refractivity (Wildman–Crippen MR) is 81.4 cm³/mol. The molecule has 0 radical (unpaired) electrons. The molecule has 1 aromatic rings. The van der Waals surface area contributed by atoms with Crippen LogP contribution in [-0.4, -0.2) is 65.9 Å². The van der Waals surface area contributed by atoms with Gasteiger partial charge in [0.15, 0.2) is 0 Å². The lowest BCUT2D eigenvalue weighted by atomic mass is 10.2. The van der Waals surface area contributed by atoms with E-state index in [1.54, 1.807) is 6.07 Å². The van der Waals surface area contributed by atoms with Gasteiger partial charge in [-0.15, -0.1) is 0 Å². The van der Waals surface area contributed by atoms with Crippen molar-refractivity contribution in [2.45, 2.75) is 12.5 Å². The number of amides is 3. The van der Waals surface area contributed by atoms with Crippen molar-refractivity contribution < 1.29 is 24.2 Å². The number of anilines is 1. The van der Waals surface area contributed by atoms with Crippen LogP contribution in [0.15, 0.2) is 24.3 Å². The highest BCUT2D eigenvalue weighted by atomic mass is 19.1. The van der Waals surface area contributed by atoms with Crippen LogP contribution in [0.1, 0.15) is 6.42 Å². The maximum absolute atomic E-state index is 13.3.